The average Bonchev–Trinajstić information content (AvgIpc) is 3.50. The van der Waals surface area contributed by atoms with Crippen LogP contribution in [0.15, 0.2) is 47.8 Å². The lowest BCUT2D eigenvalue weighted by atomic mass is 10.1. The Balaban J connectivity index is 1.41. The van der Waals surface area contributed by atoms with Crippen molar-refractivity contribution in [2.45, 2.75) is 78.1 Å². The molecule has 0 N–H and O–H groups in total. The monoisotopic (exact) mass is 671 g/mol. The second-order valence-corrected chi connectivity index (χ2v) is 18.7. The second kappa shape index (κ2) is 12.6. The van der Waals surface area contributed by atoms with Gasteiger partial charge in [-0.1, -0.05) is 26.8 Å². The van der Waals surface area contributed by atoms with Crippen molar-refractivity contribution in [3.63, 3.8) is 0 Å². The number of anilines is 1. The zero-order chi connectivity index (χ0) is 34.5. The number of rotatable bonds is 8. The van der Waals surface area contributed by atoms with Crippen LogP contribution in [0.4, 0.5) is 19.1 Å². The fourth-order valence-corrected chi connectivity index (χ4v) is 6.87. The molecule has 0 bridgehead atoms. The number of hydrogen-bond donors (Lipinski definition) is 0. The summed E-state index contributed by atoms with van der Waals surface area (Å²) in [6, 6.07) is 5.31. The van der Waals surface area contributed by atoms with E-state index in [2.05, 4.69) is 43.8 Å². The van der Waals surface area contributed by atoms with Crippen molar-refractivity contribution < 1.29 is 22.4 Å². The predicted molar refractivity (Wildman–Crippen MR) is 179 cm³/mol. The number of aromatic nitrogens is 5. The van der Waals surface area contributed by atoms with Gasteiger partial charge in [0.1, 0.15) is 0 Å². The van der Waals surface area contributed by atoms with Crippen molar-refractivity contribution in [2.75, 3.05) is 31.1 Å². The minimum absolute atomic E-state index is 0.00904. The molecule has 47 heavy (non-hydrogen) atoms. The molecule has 1 aromatic carbocycles. The summed E-state index contributed by atoms with van der Waals surface area (Å²) in [4.78, 5) is 38.0. The standard InChI is InChI=1S/C33H44F3N7O3Si/c1-22-18-41(11-12-42(22)23(2)44)31-37-16-25(17-38-31)24-9-10-27-29(15-24)43(39(6)30(27)45)20-26-19-40(21-28(26)33(34,35)36)13-14-46-47(7,8)32(3,4)5/h9-10,15-17,19,21-22H,11-14,18,20H2,1-8H3/t22-/m1/s1. The summed E-state index contributed by atoms with van der Waals surface area (Å²) in [5.74, 6) is 0.600. The van der Waals surface area contributed by atoms with Crippen molar-refractivity contribution in [1.29, 1.82) is 0 Å². The minimum atomic E-state index is -4.57. The smallest absolute Gasteiger partial charge is 0.415 e. The Labute approximate surface area is 273 Å². The van der Waals surface area contributed by atoms with Crippen LogP contribution in [0, 0.1) is 0 Å². The van der Waals surface area contributed by atoms with E-state index in [1.54, 1.807) is 49.2 Å². The summed E-state index contributed by atoms with van der Waals surface area (Å²) < 4.78 is 53.4. The maximum absolute atomic E-state index is 14.2. The molecule has 0 saturated carbocycles. The predicted octanol–water partition coefficient (Wildman–Crippen LogP) is 5.74. The molecule has 3 aromatic heterocycles. The Morgan fingerprint density at radius 3 is 2.34 bits per heavy atom. The molecule has 0 unspecified atom stereocenters. The first-order valence-electron chi connectivity index (χ1n) is 15.8. The molecule has 14 heteroatoms. The van der Waals surface area contributed by atoms with Crippen LogP contribution in [0.3, 0.4) is 0 Å². The molecule has 0 aliphatic carbocycles. The molecule has 1 amide bonds. The molecule has 10 nitrogen and oxygen atoms in total. The SMILES string of the molecule is CC(=O)N1CCN(c2ncc(-c3ccc4c(=O)n(C)n(Cc5cn(CCO[Si](C)(C)C(C)(C)C)cc5C(F)(F)F)c4c3)cn2)C[C@H]1C. The van der Waals surface area contributed by atoms with Gasteiger partial charge in [0.2, 0.25) is 11.9 Å². The second-order valence-electron chi connectivity index (χ2n) is 13.9. The number of piperazine rings is 1. The highest BCUT2D eigenvalue weighted by molar-refractivity contribution is 6.74. The highest BCUT2D eigenvalue weighted by atomic mass is 28.4. The average molecular weight is 672 g/mol. The molecule has 1 atom stereocenters. The van der Waals surface area contributed by atoms with Gasteiger partial charge in [0, 0.05) is 82.1 Å². The van der Waals surface area contributed by atoms with Gasteiger partial charge in [-0.2, -0.15) is 13.2 Å². The molecule has 1 saturated heterocycles. The van der Waals surface area contributed by atoms with Gasteiger partial charge in [-0.25, -0.2) is 9.97 Å². The molecule has 1 aliphatic heterocycles. The molecule has 0 spiro atoms. The van der Waals surface area contributed by atoms with E-state index in [1.165, 1.54) is 15.4 Å². The van der Waals surface area contributed by atoms with E-state index in [9.17, 15) is 22.8 Å². The molecular formula is C33H44F3N7O3Si. The topological polar surface area (TPSA) is 90.4 Å². The summed E-state index contributed by atoms with van der Waals surface area (Å²) in [5.41, 5.74) is 0.975. The fourth-order valence-electron chi connectivity index (χ4n) is 5.83. The van der Waals surface area contributed by atoms with Gasteiger partial charge in [-0.05, 0) is 42.8 Å². The van der Waals surface area contributed by atoms with Crippen LogP contribution in [-0.4, -0.2) is 75.3 Å². The number of benzene rings is 1. The lowest BCUT2D eigenvalue weighted by molar-refractivity contribution is -0.138. The van der Waals surface area contributed by atoms with Crippen molar-refractivity contribution in [1.82, 2.24) is 28.8 Å². The van der Waals surface area contributed by atoms with Crippen molar-refractivity contribution >= 4 is 31.1 Å². The number of nitrogens with zero attached hydrogens (tertiary/aromatic N) is 7. The number of alkyl halides is 3. The Kier molecular flexibility index (Phi) is 9.23. The Morgan fingerprint density at radius 2 is 1.74 bits per heavy atom. The van der Waals surface area contributed by atoms with E-state index in [1.807, 2.05) is 16.7 Å². The minimum Gasteiger partial charge on any atom is -0.415 e. The first kappa shape index (κ1) is 34.4. The van der Waals surface area contributed by atoms with Gasteiger partial charge in [0.15, 0.2) is 8.32 Å². The van der Waals surface area contributed by atoms with E-state index >= 15 is 0 Å². The molecule has 4 heterocycles. The van der Waals surface area contributed by atoms with Gasteiger partial charge in [0.05, 0.1) is 29.6 Å². The number of amides is 1. The third-order valence-electron chi connectivity index (χ3n) is 9.66. The van der Waals surface area contributed by atoms with Crippen LogP contribution in [-0.2, 0) is 35.5 Å². The largest absolute Gasteiger partial charge is 0.418 e. The summed E-state index contributed by atoms with van der Waals surface area (Å²) >= 11 is 0. The highest BCUT2D eigenvalue weighted by Gasteiger charge is 2.38. The van der Waals surface area contributed by atoms with Crippen molar-refractivity contribution in [2.24, 2.45) is 7.05 Å². The molecule has 1 fully saturated rings. The summed E-state index contributed by atoms with van der Waals surface area (Å²) in [6.07, 6.45) is 1.46. The summed E-state index contributed by atoms with van der Waals surface area (Å²) in [7, 11) is -0.496. The molecule has 0 radical (unpaired) electrons. The zero-order valence-corrected chi connectivity index (χ0v) is 29.4. The van der Waals surface area contributed by atoms with Crippen LogP contribution in [0.25, 0.3) is 22.0 Å². The number of carbonyl (C=O) groups is 1. The van der Waals surface area contributed by atoms with Gasteiger partial charge in [0.25, 0.3) is 5.56 Å². The van der Waals surface area contributed by atoms with E-state index in [-0.39, 0.29) is 41.2 Å². The fraction of sp³-hybridized carbons (Fsp3) is 0.515. The van der Waals surface area contributed by atoms with Crippen molar-refractivity contribution in [3.05, 3.63) is 64.5 Å². The van der Waals surface area contributed by atoms with E-state index < -0.39 is 20.1 Å². The zero-order valence-electron chi connectivity index (χ0n) is 28.4. The van der Waals surface area contributed by atoms with E-state index in [4.69, 9.17) is 4.43 Å². The summed E-state index contributed by atoms with van der Waals surface area (Å²) in [6.45, 7) is 16.4. The Hall–Kier alpha value is -3.91. The highest BCUT2D eigenvalue weighted by Crippen LogP contribution is 2.37. The molecular weight excluding hydrogens is 627 g/mol. The number of hydrogen-bond acceptors (Lipinski definition) is 6. The van der Waals surface area contributed by atoms with Crippen LogP contribution in [0.2, 0.25) is 18.1 Å². The summed E-state index contributed by atoms with van der Waals surface area (Å²) in [5, 5.41) is 0.395. The lowest BCUT2D eigenvalue weighted by Crippen LogP contribution is -2.53. The van der Waals surface area contributed by atoms with Crippen LogP contribution >= 0.6 is 0 Å². The lowest BCUT2D eigenvalue weighted by Gasteiger charge is -2.39. The quantitative estimate of drug-likeness (QED) is 0.222. The van der Waals surface area contributed by atoms with Crippen molar-refractivity contribution in [3.8, 4) is 11.1 Å². The van der Waals surface area contributed by atoms with Gasteiger partial charge < -0.3 is 18.8 Å². The van der Waals surface area contributed by atoms with Crippen LogP contribution < -0.4 is 10.5 Å². The third-order valence-corrected chi connectivity index (χ3v) is 14.2. The normalized spacial score (nSPS) is 16.4. The third kappa shape index (κ3) is 7.03. The van der Waals surface area contributed by atoms with Gasteiger partial charge in [-0.3, -0.25) is 19.0 Å². The molecule has 5 rings (SSSR count). The van der Waals surface area contributed by atoms with Gasteiger partial charge in [-0.15, -0.1) is 0 Å². The Morgan fingerprint density at radius 1 is 1.06 bits per heavy atom. The molecule has 1 aliphatic rings. The van der Waals surface area contributed by atoms with E-state index in [0.29, 0.717) is 48.7 Å². The number of carbonyl (C=O) groups excluding carboxylic acids is 1. The first-order valence-corrected chi connectivity index (χ1v) is 18.7. The van der Waals surface area contributed by atoms with Crippen LogP contribution in [0.1, 0.15) is 45.7 Å². The van der Waals surface area contributed by atoms with Gasteiger partial charge >= 0.3 is 6.18 Å². The first-order chi connectivity index (χ1) is 21.9. The van der Waals surface area contributed by atoms with E-state index in [0.717, 1.165) is 11.8 Å². The maximum Gasteiger partial charge on any atom is 0.418 e. The molecule has 4 aromatic rings. The van der Waals surface area contributed by atoms with Crippen LogP contribution in [0.5, 0.6) is 0 Å². The molecule has 254 valence electrons. The maximum atomic E-state index is 14.2. The number of fused-ring (bicyclic) bond motifs is 1. The number of halogens is 3. The Bertz CT molecular complexity index is 1820.